The fraction of sp³-hybridized carbons (Fsp3) is 0.533. The summed E-state index contributed by atoms with van der Waals surface area (Å²) in [5, 5.41) is 3.33. The van der Waals surface area contributed by atoms with E-state index in [1.807, 2.05) is 0 Å². The van der Waals surface area contributed by atoms with Crippen LogP contribution < -0.4 is 5.32 Å². The fourth-order valence-corrected chi connectivity index (χ4v) is 3.22. The van der Waals surface area contributed by atoms with Gasteiger partial charge in [-0.1, -0.05) is 24.3 Å². The number of carbonyl (C=O) groups excluding carboxylic acids is 1. The molecule has 0 radical (unpaired) electrons. The minimum absolute atomic E-state index is 0.117. The van der Waals surface area contributed by atoms with Crippen molar-refractivity contribution in [2.75, 3.05) is 6.54 Å². The Labute approximate surface area is 102 Å². The number of carbonyl (C=O) groups is 1. The van der Waals surface area contributed by atoms with Crippen molar-refractivity contribution in [1.29, 1.82) is 0 Å². The Balaban J connectivity index is 1.86. The van der Waals surface area contributed by atoms with Crippen LogP contribution in [0.15, 0.2) is 24.3 Å². The van der Waals surface area contributed by atoms with E-state index in [4.69, 9.17) is 0 Å². The van der Waals surface area contributed by atoms with Crippen molar-refractivity contribution in [2.24, 2.45) is 0 Å². The first kappa shape index (κ1) is 11.0. The van der Waals surface area contributed by atoms with Gasteiger partial charge in [-0.05, 0) is 49.8 Å². The van der Waals surface area contributed by atoms with Crippen LogP contribution in [-0.2, 0) is 11.2 Å². The van der Waals surface area contributed by atoms with E-state index in [1.54, 1.807) is 0 Å². The van der Waals surface area contributed by atoms with E-state index < -0.39 is 0 Å². The van der Waals surface area contributed by atoms with Crippen LogP contribution in [0, 0.1) is 0 Å². The number of nitrogens with one attached hydrogen (secondary N) is 1. The summed E-state index contributed by atoms with van der Waals surface area (Å²) in [5.74, 6) is 0.574. The molecule has 2 aliphatic rings. The van der Waals surface area contributed by atoms with Crippen LogP contribution in [0.3, 0.4) is 0 Å². The molecule has 0 aromatic heterocycles. The predicted molar refractivity (Wildman–Crippen MR) is 68.2 cm³/mol. The minimum Gasteiger partial charge on any atom is -0.307 e. The van der Waals surface area contributed by atoms with Crippen LogP contribution in [0.4, 0.5) is 0 Å². The predicted octanol–water partition coefficient (Wildman–Crippen LogP) is 2.43. The number of benzene rings is 1. The van der Waals surface area contributed by atoms with Gasteiger partial charge >= 0.3 is 0 Å². The van der Waals surface area contributed by atoms with Gasteiger partial charge in [-0.2, -0.15) is 0 Å². The van der Waals surface area contributed by atoms with Gasteiger partial charge in [-0.25, -0.2) is 0 Å². The van der Waals surface area contributed by atoms with Crippen molar-refractivity contribution in [3.63, 3.8) is 0 Å². The maximum absolute atomic E-state index is 12.5. The first-order valence-corrected chi connectivity index (χ1v) is 6.71. The van der Waals surface area contributed by atoms with E-state index in [0.717, 1.165) is 38.6 Å². The molecule has 1 aromatic rings. The second-order valence-corrected chi connectivity index (χ2v) is 5.19. The van der Waals surface area contributed by atoms with Crippen LogP contribution in [0.5, 0.6) is 0 Å². The molecule has 1 heterocycles. The summed E-state index contributed by atoms with van der Waals surface area (Å²) in [6.45, 7) is 1.00. The average molecular weight is 229 g/mol. The van der Waals surface area contributed by atoms with Gasteiger partial charge in [0.1, 0.15) is 0 Å². The molecule has 0 saturated carbocycles. The zero-order valence-corrected chi connectivity index (χ0v) is 10.1. The first-order chi connectivity index (χ1) is 8.36. The Bertz CT molecular complexity index is 421. The summed E-state index contributed by atoms with van der Waals surface area (Å²) in [5.41, 5.74) is 2.67. The van der Waals surface area contributed by atoms with Gasteiger partial charge in [0, 0.05) is 5.92 Å². The quantitative estimate of drug-likeness (QED) is 0.844. The second-order valence-electron chi connectivity index (χ2n) is 5.19. The number of Topliss-reactive ketones (excluding diaryl/α,β-unsaturated/α-hetero) is 1. The van der Waals surface area contributed by atoms with Gasteiger partial charge < -0.3 is 5.32 Å². The summed E-state index contributed by atoms with van der Waals surface area (Å²) < 4.78 is 0. The Kier molecular flexibility index (Phi) is 2.98. The molecule has 1 saturated heterocycles. The monoisotopic (exact) mass is 229 g/mol. The molecule has 0 bridgehead atoms. The van der Waals surface area contributed by atoms with Crippen molar-refractivity contribution in [1.82, 2.24) is 5.32 Å². The molecule has 2 atom stereocenters. The molecule has 0 amide bonds. The van der Waals surface area contributed by atoms with Crippen LogP contribution in [-0.4, -0.2) is 18.4 Å². The largest absolute Gasteiger partial charge is 0.307 e. The third kappa shape index (κ3) is 2.02. The van der Waals surface area contributed by atoms with Crippen molar-refractivity contribution in [3.05, 3.63) is 35.4 Å². The molecule has 17 heavy (non-hydrogen) atoms. The Morgan fingerprint density at radius 2 is 2.06 bits per heavy atom. The van der Waals surface area contributed by atoms with E-state index in [-0.39, 0.29) is 12.0 Å². The third-order valence-electron chi connectivity index (χ3n) is 4.12. The molecule has 2 heteroatoms. The molecular weight excluding hydrogens is 210 g/mol. The molecule has 3 rings (SSSR count). The molecule has 1 fully saturated rings. The average Bonchev–Trinajstić information content (AvgIpc) is 2.91. The van der Waals surface area contributed by atoms with E-state index in [2.05, 4.69) is 29.6 Å². The molecule has 2 nitrogen and oxygen atoms in total. The lowest BCUT2D eigenvalue weighted by Crippen LogP contribution is -2.35. The normalized spacial score (nSPS) is 27.8. The molecule has 1 N–H and O–H groups in total. The Morgan fingerprint density at radius 3 is 2.88 bits per heavy atom. The number of aryl methyl sites for hydroxylation is 1. The van der Waals surface area contributed by atoms with E-state index in [0.29, 0.717) is 5.78 Å². The summed E-state index contributed by atoms with van der Waals surface area (Å²) in [7, 11) is 0. The van der Waals surface area contributed by atoms with Crippen LogP contribution in [0.25, 0.3) is 0 Å². The van der Waals surface area contributed by atoms with Crippen molar-refractivity contribution in [2.45, 2.75) is 44.1 Å². The topological polar surface area (TPSA) is 29.1 Å². The van der Waals surface area contributed by atoms with Gasteiger partial charge in [0.2, 0.25) is 0 Å². The molecule has 1 unspecified atom stereocenters. The highest BCUT2D eigenvalue weighted by molar-refractivity contribution is 5.91. The molecule has 1 aliphatic carbocycles. The summed E-state index contributed by atoms with van der Waals surface area (Å²) in [6, 6.07) is 8.58. The van der Waals surface area contributed by atoms with E-state index in [9.17, 15) is 4.79 Å². The standard InChI is InChI=1S/C15H19NO/c17-15(14-9-4-10-16-14)13-8-3-6-11-5-1-2-7-12(11)13/h1-2,5,7,13-14,16H,3-4,6,8-10H2/t13?,14-/m0/s1. The van der Waals surface area contributed by atoms with E-state index in [1.165, 1.54) is 11.1 Å². The molecule has 1 aliphatic heterocycles. The van der Waals surface area contributed by atoms with Crippen molar-refractivity contribution < 1.29 is 4.79 Å². The van der Waals surface area contributed by atoms with Crippen molar-refractivity contribution in [3.8, 4) is 0 Å². The smallest absolute Gasteiger partial charge is 0.157 e. The zero-order chi connectivity index (χ0) is 11.7. The minimum atomic E-state index is 0.117. The van der Waals surface area contributed by atoms with Gasteiger partial charge in [0.05, 0.1) is 6.04 Å². The highest BCUT2D eigenvalue weighted by atomic mass is 16.1. The number of ketones is 1. The first-order valence-electron chi connectivity index (χ1n) is 6.71. The lowest BCUT2D eigenvalue weighted by molar-refractivity contribution is -0.122. The van der Waals surface area contributed by atoms with Crippen LogP contribution in [0.2, 0.25) is 0 Å². The number of hydrogen-bond donors (Lipinski definition) is 1. The third-order valence-corrected chi connectivity index (χ3v) is 4.12. The van der Waals surface area contributed by atoms with E-state index >= 15 is 0 Å². The molecular formula is C15H19NO. The number of rotatable bonds is 2. The van der Waals surface area contributed by atoms with Crippen molar-refractivity contribution >= 4 is 5.78 Å². The summed E-state index contributed by atoms with van der Waals surface area (Å²) >= 11 is 0. The lowest BCUT2D eigenvalue weighted by atomic mass is 9.78. The Morgan fingerprint density at radius 1 is 1.18 bits per heavy atom. The maximum atomic E-state index is 12.5. The van der Waals surface area contributed by atoms with Gasteiger partial charge in [-0.3, -0.25) is 4.79 Å². The second kappa shape index (κ2) is 4.61. The zero-order valence-electron chi connectivity index (χ0n) is 10.1. The lowest BCUT2D eigenvalue weighted by Gasteiger charge is -2.26. The summed E-state index contributed by atoms with van der Waals surface area (Å²) in [4.78, 5) is 12.5. The van der Waals surface area contributed by atoms with Gasteiger partial charge in [0.15, 0.2) is 5.78 Å². The highest BCUT2D eigenvalue weighted by Gasteiger charge is 2.32. The Hall–Kier alpha value is -1.15. The number of hydrogen-bond acceptors (Lipinski definition) is 2. The maximum Gasteiger partial charge on any atom is 0.157 e. The molecule has 1 aromatic carbocycles. The summed E-state index contributed by atoms with van der Waals surface area (Å²) in [6.07, 6.45) is 5.49. The highest BCUT2D eigenvalue weighted by Crippen LogP contribution is 2.33. The van der Waals surface area contributed by atoms with Crippen LogP contribution in [0.1, 0.15) is 42.7 Å². The SMILES string of the molecule is O=C(C1CCCc2ccccc21)[C@@H]1CCCN1. The molecule has 90 valence electrons. The molecule has 0 spiro atoms. The van der Waals surface area contributed by atoms with Gasteiger partial charge in [-0.15, -0.1) is 0 Å². The fourth-order valence-electron chi connectivity index (χ4n) is 3.22. The van der Waals surface area contributed by atoms with Crippen LogP contribution >= 0.6 is 0 Å². The number of fused-ring (bicyclic) bond motifs is 1. The van der Waals surface area contributed by atoms with Gasteiger partial charge in [0.25, 0.3) is 0 Å².